The van der Waals surface area contributed by atoms with Gasteiger partial charge in [0.15, 0.2) is 5.58 Å². The van der Waals surface area contributed by atoms with Crippen molar-refractivity contribution in [1.29, 1.82) is 0 Å². The van der Waals surface area contributed by atoms with Gasteiger partial charge in [0.2, 0.25) is 0 Å². The third kappa shape index (κ3) is 3.67. The molecule has 0 spiro atoms. The van der Waals surface area contributed by atoms with Crippen LogP contribution >= 0.6 is 0 Å². The van der Waals surface area contributed by atoms with Crippen molar-refractivity contribution in [3.8, 4) is 22.3 Å². The van der Waals surface area contributed by atoms with Gasteiger partial charge in [-0.15, -0.1) is 0 Å². The van der Waals surface area contributed by atoms with Gasteiger partial charge in [-0.2, -0.15) is 0 Å². The van der Waals surface area contributed by atoms with E-state index in [0.717, 1.165) is 39.0 Å². The van der Waals surface area contributed by atoms with Crippen molar-refractivity contribution < 1.29 is 4.42 Å². The fraction of sp³-hybridized carbons (Fsp3) is 0.200. The number of benzene rings is 6. The fourth-order valence-corrected chi connectivity index (χ4v) is 8.57. The summed E-state index contributed by atoms with van der Waals surface area (Å²) < 4.78 is 7.17. The van der Waals surface area contributed by atoms with Gasteiger partial charge in [-0.25, -0.2) is 0 Å². The van der Waals surface area contributed by atoms with Crippen LogP contribution in [0, 0.1) is 0 Å². The Morgan fingerprint density at radius 1 is 0.447 bits per heavy atom. The molecule has 1 heterocycles. The number of anilines is 3. The molecule has 47 heavy (non-hydrogen) atoms. The molecule has 0 saturated heterocycles. The predicted molar refractivity (Wildman–Crippen MR) is 197 cm³/mol. The van der Waals surface area contributed by atoms with Gasteiger partial charge in [-0.1, -0.05) is 139 Å². The van der Waals surface area contributed by atoms with Crippen molar-refractivity contribution in [2.24, 2.45) is 0 Å². The lowest BCUT2D eigenvalue weighted by Crippen LogP contribution is -2.43. The monoisotopic (exact) mass is 609 g/mol. The minimum atomic E-state index is -0.0945. The standard InChI is InChI=1S/C45H39NO/c1-43(2)35-20-12-10-17-30(35)31-24-23-29(27-38(31)43)46(28-15-8-7-9-16-28)39-22-14-19-32-33-25-26-37-40(42(33)47-41(32)39)34-18-11-13-21-36(34)44(3,4)45(37,5)6/h7-27H,1-6H3. The molecule has 0 bridgehead atoms. The van der Waals surface area contributed by atoms with Crippen LogP contribution < -0.4 is 4.90 Å². The van der Waals surface area contributed by atoms with Gasteiger partial charge in [0.25, 0.3) is 0 Å². The first kappa shape index (κ1) is 28.2. The maximum atomic E-state index is 7.17. The lowest BCUT2D eigenvalue weighted by Gasteiger charge is -2.48. The van der Waals surface area contributed by atoms with Crippen molar-refractivity contribution in [3.63, 3.8) is 0 Å². The van der Waals surface area contributed by atoms with Crippen LogP contribution in [0.3, 0.4) is 0 Å². The molecule has 0 fully saturated rings. The number of hydrogen-bond donors (Lipinski definition) is 0. The highest BCUT2D eigenvalue weighted by Crippen LogP contribution is 2.57. The number of nitrogens with zero attached hydrogens (tertiary/aromatic N) is 1. The van der Waals surface area contributed by atoms with E-state index in [1.54, 1.807) is 0 Å². The summed E-state index contributed by atoms with van der Waals surface area (Å²) in [6.45, 7) is 14.2. The molecule has 0 atom stereocenters. The normalized spacial score (nSPS) is 16.4. The van der Waals surface area contributed by atoms with E-state index in [-0.39, 0.29) is 16.2 Å². The lowest BCUT2D eigenvalue weighted by atomic mass is 9.55. The molecule has 2 aliphatic rings. The summed E-state index contributed by atoms with van der Waals surface area (Å²) in [6, 6.07) is 46.7. The van der Waals surface area contributed by atoms with Crippen LogP contribution in [-0.4, -0.2) is 0 Å². The first-order valence-corrected chi connectivity index (χ1v) is 16.8. The Morgan fingerprint density at radius 3 is 1.87 bits per heavy atom. The van der Waals surface area contributed by atoms with Crippen LogP contribution in [0.1, 0.15) is 63.8 Å². The molecule has 0 aliphatic heterocycles. The average molecular weight is 610 g/mol. The van der Waals surface area contributed by atoms with Gasteiger partial charge in [-0.3, -0.25) is 0 Å². The maximum absolute atomic E-state index is 7.17. The molecule has 0 unspecified atom stereocenters. The summed E-state index contributed by atoms with van der Waals surface area (Å²) in [6.07, 6.45) is 0. The molecule has 9 rings (SSSR count). The van der Waals surface area contributed by atoms with E-state index in [4.69, 9.17) is 4.42 Å². The zero-order valence-electron chi connectivity index (χ0n) is 28.0. The molecule has 0 radical (unpaired) electrons. The fourth-order valence-electron chi connectivity index (χ4n) is 8.57. The zero-order valence-corrected chi connectivity index (χ0v) is 28.0. The van der Waals surface area contributed by atoms with Crippen molar-refractivity contribution in [1.82, 2.24) is 0 Å². The molecule has 2 aliphatic carbocycles. The molecule has 0 amide bonds. The minimum Gasteiger partial charge on any atom is -0.453 e. The molecule has 2 nitrogen and oxygen atoms in total. The highest BCUT2D eigenvalue weighted by Gasteiger charge is 2.46. The van der Waals surface area contributed by atoms with E-state index < -0.39 is 0 Å². The third-order valence-electron chi connectivity index (χ3n) is 11.8. The van der Waals surface area contributed by atoms with Gasteiger partial charge < -0.3 is 9.32 Å². The number of para-hydroxylation sites is 2. The van der Waals surface area contributed by atoms with Crippen LogP contribution in [0.2, 0.25) is 0 Å². The summed E-state index contributed by atoms with van der Waals surface area (Å²) in [5, 5.41) is 2.29. The quantitative estimate of drug-likeness (QED) is 0.198. The second-order valence-corrected chi connectivity index (χ2v) is 15.0. The molecule has 0 N–H and O–H groups in total. The van der Waals surface area contributed by atoms with E-state index in [1.165, 1.54) is 44.5 Å². The molecule has 1 aromatic heterocycles. The Kier molecular flexibility index (Phi) is 5.68. The second kappa shape index (κ2) is 9.48. The summed E-state index contributed by atoms with van der Waals surface area (Å²) in [4.78, 5) is 2.37. The molecule has 2 heteroatoms. The summed E-state index contributed by atoms with van der Waals surface area (Å²) in [7, 11) is 0. The van der Waals surface area contributed by atoms with E-state index in [0.29, 0.717) is 0 Å². The number of hydrogen-bond acceptors (Lipinski definition) is 2. The van der Waals surface area contributed by atoms with E-state index in [1.807, 2.05) is 0 Å². The van der Waals surface area contributed by atoms with Crippen molar-refractivity contribution in [2.45, 2.75) is 57.8 Å². The number of fused-ring (bicyclic) bond motifs is 10. The molecule has 6 aromatic carbocycles. The molecular weight excluding hydrogens is 571 g/mol. The lowest BCUT2D eigenvalue weighted by molar-refractivity contribution is 0.299. The van der Waals surface area contributed by atoms with E-state index in [9.17, 15) is 0 Å². The molecule has 0 saturated carbocycles. The van der Waals surface area contributed by atoms with Crippen LogP contribution in [0.15, 0.2) is 132 Å². The minimum absolute atomic E-state index is 0.0352. The van der Waals surface area contributed by atoms with Gasteiger partial charge >= 0.3 is 0 Å². The largest absolute Gasteiger partial charge is 0.453 e. The van der Waals surface area contributed by atoms with Crippen LogP contribution in [-0.2, 0) is 16.2 Å². The van der Waals surface area contributed by atoms with Crippen molar-refractivity contribution in [2.75, 3.05) is 4.90 Å². The number of furan rings is 1. The first-order valence-electron chi connectivity index (χ1n) is 16.8. The molecular formula is C45H39NO. The van der Waals surface area contributed by atoms with Crippen LogP contribution in [0.4, 0.5) is 17.1 Å². The van der Waals surface area contributed by atoms with Gasteiger partial charge in [0, 0.05) is 33.1 Å². The van der Waals surface area contributed by atoms with Gasteiger partial charge in [0.05, 0.1) is 5.69 Å². The Labute approximate surface area is 277 Å². The maximum Gasteiger partial charge on any atom is 0.159 e. The highest BCUT2D eigenvalue weighted by molar-refractivity contribution is 6.14. The van der Waals surface area contributed by atoms with Crippen LogP contribution in [0.5, 0.6) is 0 Å². The second-order valence-electron chi connectivity index (χ2n) is 15.0. The Hall–Kier alpha value is -5.08. The average Bonchev–Trinajstić information content (AvgIpc) is 3.57. The van der Waals surface area contributed by atoms with Crippen molar-refractivity contribution >= 4 is 39.0 Å². The third-order valence-corrected chi connectivity index (χ3v) is 11.8. The van der Waals surface area contributed by atoms with Gasteiger partial charge in [0.1, 0.15) is 5.58 Å². The Balaban J connectivity index is 1.31. The highest BCUT2D eigenvalue weighted by atomic mass is 16.3. The molecule has 7 aromatic rings. The van der Waals surface area contributed by atoms with Gasteiger partial charge in [-0.05, 0) is 80.1 Å². The SMILES string of the molecule is CC1(C)c2ccccc2-c2ccc(N(c3ccccc3)c3cccc4c3oc3c5c(ccc34)C(C)(C)C(C)(C)c3ccccc3-5)cc21. The molecule has 230 valence electrons. The van der Waals surface area contributed by atoms with Crippen LogP contribution in [0.25, 0.3) is 44.2 Å². The summed E-state index contributed by atoms with van der Waals surface area (Å²) in [5.74, 6) is 0. The van der Waals surface area contributed by atoms with E-state index >= 15 is 0 Å². The number of rotatable bonds is 3. The van der Waals surface area contributed by atoms with E-state index in [2.05, 4.69) is 174 Å². The summed E-state index contributed by atoms with van der Waals surface area (Å²) in [5.41, 5.74) is 15.5. The predicted octanol–water partition coefficient (Wildman–Crippen LogP) is 12.6. The smallest absolute Gasteiger partial charge is 0.159 e. The zero-order chi connectivity index (χ0) is 32.3. The topological polar surface area (TPSA) is 16.4 Å². The Bertz CT molecular complexity index is 2390. The first-order chi connectivity index (χ1) is 22.6. The summed E-state index contributed by atoms with van der Waals surface area (Å²) >= 11 is 0. The Morgan fingerprint density at radius 2 is 1.09 bits per heavy atom. The van der Waals surface area contributed by atoms with Crippen molar-refractivity contribution in [3.05, 3.63) is 150 Å².